The Labute approximate surface area is 93.8 Å². The fourth-order valence-electron chi connectivity index (χ4n) is 1.38. The summed E-state index contributed by atoms with van der Waals surface area (Å²) in [6, 6.07) is 13.5. The quantitative estimate of drug-likeness (QED) is 0.761. The van der Waals surface area contributed by atoms with Gasteiger partial charge in [-0.2, -0.15) is 5.26 Å². The second-order valence-corrected chi connectivity index (χ2v) is 3.27. The molecule has 0 aliphatic rings. The van der Waals surface area contributed by atoms with Gasteiger partial charge in [0.1, 0.15) is 23.9 Å². The number of para-hydroxylation sites is 1. The third-order valence-electron chi connectivity index (χ3n) is 2.25. The summed E-state index contributed by atoms with van der Waals surface area (Å²) in [5, 5.41) is 8.76. The van der Waals surface area contributed by atoms with E-state index in [-0.39, 0.29) is 0 Å². The number of rotatable bonds is 2. The predicted octanol–water partition coefficient (Wildman–Crippen LogP) is 2.12. The van der Waals surface area contributed by atoms with Crippen LogP contribution in [0, 0.1) is 11.3 Å². The number of benzene rings is 1. The van der Waals surface area contributed by atoms with E-state index in [4.69, 9.17) is 5.26 Å². The topological polar surface area (TPSA) is 52.8 Å². The molecule has 0 bridgehead atoms. The van der Waals surface area contributed by atoms with E-state index in [1.165, 1.54) is 6.33 Å². The van der Waals surface area contributed by atoms with Gasteiger partial charge in [-0.15, -0.1) is 0 Å². The Hall–Kier alpha value is -2.41. The summed E-state index contributed by atoms with van der Waals surface area (Å²) in [6.07, 6.45) is 1.40. The minimum Gasteiger partial charge on any atom is -0.329 e. The molecule has 0 unspecified atom stereocenters. The lowest BCUT2D eigenvalue weighted by Crippen LogP contribution is -2.11. The van der Waals surface area contributed by atoms with Crippen LogP contribution in [0.2, 0.25) is 0 Å². The monoisotopic (exact) mass is 210 g/mol. The standard InChI is InChI=1S/C12H10N4/c1-16(11-5-3-2-4-6-11)12-7-10(8-13)14-9-15-12/h2-7,9H,1H3. The number of aromatic nitrogens is 2. The molecule has 1 heterocycles. The van der Waals surface area contributed by atoms with E-state index in [0.29, 0.717) is 11.5 Å². The highest BCUT2D eigenvalue weighted by Gasteiger charge is 2.05. The van der Waals surface area contributed by atoms with Gasteiger partial charge in [-0.3, -0.25) is 0 Å². The van der Waals surface area contributed by atoms with Crippen LogP contribution in [0.5, 0.6) is 0 Å². The van der Waals surface area contributed by atoms with E-state index in [9.17, 15) is 0 Å². The van der Waals surface area contributed by atoms with Crippen LogP contribution in [0.15, 0.2) is 42.7 Å². The summed E-state index contributed by atoms with van der Waals surface area (Å²) < 4.78 is 0. The second kappa shape index (κ2) is 4.41. The van der Waals surface area contributed by atoms with Crippen molar-refractivity contribution in [3.05, 3.63) is 48.4 Å². The molecule has 0 atom stereocenters. The Morgan fingerprint density at radius 3 is 2.62 bits per heavy atom. The third kappa shape index (κ3) is 1.98. The molecule has 0 aliphatic heterocycles. The fraction of sp³-hybridized carbons (Fsp3) is 0.0833. The predicted molar refractivity (Wildman–Crippen MR) is 61.3 cm³/mol. The Kier molecular flexibility index (Phi) is 2.79. The van der Waals surface area contributed by atoms with Gasteiger partial charge in [0.15, 0.2) is 0 Å². The number of anilines is 2. The molecule has 2 aromatic rings. The van der Waals surface area contributed by atoms with Gasteiger partial charge in [0.2, 0.25) is 0 Å². The van der Waals surface area contributed by atoms with Crippen molar-refractivity contribution >= 4 is 11.5 Å². The third-order valence-corrected chi connectivity index (χ3v) is 2.25. The summed E-state index contributed by atoms with van der Waals surface area (Å²) in [7, 11) is 1.90. The lowest BCUT2D eigenvalue weighted by atomic mass is 10.3. The molecule has 0 saturated heterocycles. The maximum atomic E-state index is 8.76. The second-order valence-electron chi connectivity index (χ2n) is 3.27. The minimum absolute atomic E-state index is 0.368. The normalized spacial score (nSPS) is 9.50. The first-order valence-corrected chi connectivity index (χ1v) is 4.82. The number of hydrogen-bond acceptors (Lipinski definition) is 4. The van der Waals surface area contributed by atoms with Crippen LogP contribution in [0.3, 0.4) is 0 Å². The summed E-state index contributed by atoms with van der Waals surface area (Å²) in [5.74, 6) is 0.706. The van der Waals surface area contributed by atoms with Crippen molar-refractivity contribution in [1.82, 2.24) is 9.97 Å². The molecule has 4 nitrogen and oxygen atoms in total. The molecule has 1 aromatic heterocycles. The van der Waals surface area contributed by atoms with Gasteiger partial charge in [-0.1, -0.05) is 18.2 Å². The number of nitriles is 1. The highest BCUT2D eigenvalue weighted by Crippen LogP contribution is 2.20. The van der Waals surface area contributed by atoms with Crippen LogP contribution in [-0.4, -0.2) is 17.0 Å². The average molecular weight is 210 g/mol. The van der Waals surface area contributed by atoms with Crippen molar-refractivity contribution in [3.63, 3.8) is 0 Å². The maximum absolute atomic E-state index is 8.76. The molecule has 0 amide bonds. The van der Waals surface area contributed by atoms with Crippen molar-refractivity contribution in [3.8, 4) is 6.07 Å². The van der Waals surface area contributed by atoms with Gasteiger partial charge in [0.05, 0.1) is 0 Å². The van der Waals surface area contributed by atoms with Gasteiger partial charge in [0, 0.05) is 18.8 Å². The lowest BCUT2D eigenvalue weighted by Gasteiger charge is -2.17. The zero-order chi connectivity index (χ0) is 11.4. The van der Waals surface area contributed by atoms with Crippen molar-refractivity contribution < 1.29 is 0 Å². The van der Waals surface area contributed by atoms with Gasteiger partial charge in [-0.25, -0.2) is 9.97 Å². The Morgan fingerprint density at radius 2 is 1.94 bits per heavy atom. The molecule has 4 heteroatoms. The van der Waals surface area contributed by atoms with E-state index < -0.39 is 0 Å². The zero-order valence-corrected chi connectivity index (χ0v) is 8.83. The molecule has 0 radical (unpaired) electrons. The smallest absolute Gasteiger partial charge is 0.145 e. The van der Waals surface area contributed by atoms with E-state index in [1.807, 2.05) is 48.3 Å². The molecule has 0 aliphatic carbocycles. The number of hydrogen-bond donors (Lipinski definition) is 0. The average Bonchev–Trinajstić information content (AvgIpc) is 2.39. The first-order valence-electron chi connectivity index (χ1n) is 4.82. The zero-order valence-electron chi connectivity index (χ0n) is 8.83. The summed E-state index contributed by atoms with van der Waals surface area (Å²) >= 11 is 0. The molecule has 0 fully saturated rings. The van der Waals surface area contributed by atoms with E-state index in [1.54, 1.807) is 6.07 Å². The summed E-state index contributed by atoms with van der Waals surface area (Å²) in [6.45, 7) is 0. The van der Waals surface area contributed by atoms with Gasteiger partial charge >= 0.3 is 0 Å². The molecule has 0 spiro atoms. The molecule has 1 aromatic carbocycles. The van der Waals surface area contributed by atoms with E-state index in [2.05, 4.69) is 9.97 Å². The van der Waals surface area contributed by atoms with Crippen molar-refractivity contribution in [1.29, 1.82) is 5.26 Å². The SMILES string of the molecule is CN(c1ccccc1)c1cc(C#N)ncn1. The Bertz CT molecular complexity index is 516. The van der Waals surface area contributed by atoms with Gasteiger partial charge < -0.3 is 4.90 Å². The lowest BCUT2D eigenvalue weighted by molar-refractivity contribution is 1.07. The summed E-state index contributed by atoms with van der Waals surface area (Å²) in [4.78, 5) is 9.87. The molecular formula is C12H10N4. The highest BCUT2D eigenvalue weighted by atomic mass is 15.2. The van der Waals surface area contributed by atoms with E-state index in [0.717, 1.165) is 5.69 Å². The molecule has 0 N–H and O–H groups in total. The maximum Gasteiger partial charge on any atom is 0.145 e. The minimum atomic E-state index is 0.368. The van der Waals surface area contributed by atoms with E-state index >= 15 is 0 Å². The molecule has 78 valence electrons. The largest absolute Gasteiger partial charge is 0.329 e. The van der Waals surface area contributed by atoms with Gasteiger partial charge in [0.25, 0.3) is 0 Å². The van der Waals surface area contributed by atoms with Crippen LogP contribution in [0.1, 0.15) is 5.69 Å². The molecular weight excluding hydrogens is 200 g/mol. The van der Waals surface area contributed by atoms with Crippen LogP contribution >= 0.6 is 0 Å². The van der Waals surface area contributed by atoms with Crippen LogP contribution in [0.25, 0.3) is 0 Å². The first-order chi connectivity index (χ1) is 7.81. The molecule has 0 saturated carbocycles. The fourth-order valence-corrected chi connectivity index (χ4v) is 1.38. The van der Waals surface area contributed by atoms with Crippen molar-refractivity contribution in [2.75, 3.05) is 11.9 Å². The van der Waals surface area contributed by atoms with Crippen molar-refractivity contribution in [2.45, 2.75) is 0 Å². The Balaban J connectivity index is 2.35. The first kappa shape index (κ1) is 10.1. The molecule has 16 heavy (non-hydrogen) atoms. The Morgan fingerprint density at radius 1 is 1.19 bits per heavy atom. The van der Waals surface area contributed by atoms with Crippen molar-refractivity contribution in [2.24, 2.45) is 0 Å². The van der Waals surface area contributed by atoms with Crippen LogP contribution in [0.4, 0.5) is 11.5 Å². The van der Waals surface area contributed by atoms with Gasteiger partial charge in [-0.05, 0) is 12.1 Å². The summed E-state index contributed by atoms with van der Waals surface area (Å²) in [5.41, 5.74) is 1.39. The number of nitrogens with zero attached hydrogens (tertiary/aromatic N) is 4. The van der Waals surface area contributed by atoms with Crippen LogP contribution in [-0.2, 0) is 0 Å². The van der Waals surface area contributed by atoms with Crippen LogP contribution < -0.4 is 4.90 Å². The molecule has 2 rings (SSSR count). The highest BCUT2D eigenvalue weighted by molar-refractivity contribution is 5.59.